The zero-order valence-electron chi connectivity index (χ0n) is 20.3. The number of hydrogen-bond acceptors (Lipinski definition) is 5. The van der Waals surface area contributed by atoms with Gasteiger partial charge in [0.05, 0.1) is 22.1 Å². The van der Waals surface area contributed by atoms with E-state index in [1.165, 1.54) is 15.1 Å². The van der Waals surface area contributed by atoms with E-state index in [2.05, 4.69) is 4.98 Å². The number of piperazine rings is 1. The molecule has 0 N–H and O–H groups in total. The maximum atomic E-state index is 13.6. The van der Waals surface area contributed by atoms with Gasteiger partial charge in [0.1, 0.15) is 6.54 Å². The number of rotatable bonds is 4. The fourth-order valence-electron chi connectivity index (χ4n) is 4.67. The molecule has 34 heavy (non-hydrogen) atoms. The van der Waals surface area contributed by atoms with Crippen LogP contribution in [0.3, 0.4) is 0 Å². The number of nitrogens with zero attached hydrogens (tertiary/aromatic N) is 4. The Bertz CT molecular complexity index is 1420. The number of para-hydroxylation sites is 2. The molecule has 1 amide bonds. The van der Waals surface area contributed by atoms with Crippen LogP contribution < -0.4 is 5.56 Å². The van der Waals surface area contributed by atoms with Gasteiger partial charge in [0.25, 0.3) is 5.56 Å². The van der Waals surface area contributed by atoms with E-state index in [9.17, 15) is 18.0 Å². The average molecular weight is 483 g/mol. The van der Waals surface area contributed by atoms with Gasteiger partial charge in [0.15, 0.2) is 0 Å². The summed E-state index contributed by atoms with van der Waals surface area (Å²) in [7, 11) is -3.70. The van der Waals surface area contributed by atoms with Crippen LogP contribution in [0, 0.1) is 34.6 Å². The number of benzene rings is 2. The normalized spacial score (nSPS) is 15.1. The average Bonchev–Trinajstić information content (AvgIpc) is 2.83. The molecule has 0 bridgehead atoms. The van der Waals surface area contributed by atoms with Crippen LogP contribution in [0.5, 0.6) is 0 Å². The van der Waals surface area contributed by atoms with E-state index in [1.807, 2.05) is 40.7 Å². The summed E-state index contributed by atoms with van der Waals surface area (Å²) in [5, 5.41) is 0. The molecule has 1 aliphatic rings. The van der Waals surface area contributed by atoms with Gasteiger partial charge < -0.3 is 4.90 Å². The monoisotopic (exact) mass is 482 g/mol. The van der Waals surface area contributed by atoms with Crippen LogP contribution >= 0.6 is 0 Å². The molecule has 0 unspecified atom stereocenters. The summed E-state index contributed by atoms with van der Waals surface area (Å²) < 4.78 is 30.0. The predicted molar refractivity (Wildman–Crippen MR) is 131 cm³/mol. The Hall–Kier alpha value is -3.04. The molecule has 8 nitrogen and oxygen atoms in total. The predicted octanol–water partition coefficient (Wildman–Crippen LogP) is 2.47. The Morgan fingerprint density at radius 3 is 2.06 bits per heavy atom. The molecule has 1 aromatic heterocycles. The van der Waals surface area contributed by atoms with Crippen LogP contribution in [0.1, 0.15) is 27.8 Å². The molecule has 180 valence electrons. The number of aromatic nitrogens is 2. The van der Waals surface area contributed by atoms with E-state index in [4.69, 9.17) is 0 Å². The van der Waals surface area contributed by atoms with Crippen molar-refractivity contribution in [3.63, 3.8) is 0 Å². The zero-order valence-corrected chi connectivity index (χ0v) is 21.1. The summed E-state index contributed by atoms with van der Waals surface area (Å²) in [6.45, 7) is 10.5. The highest BCUT2D eigenvalue weighted by Crippen LogP contribution is 2.32. The highest BCUT2D eigenvalue weighted by molar-refractivity contribution is 7.89. The fourth-order valence-corrected chi connectivity index (χ4v) is 6.65. The Morgan fingerprint density at radius 1 is 0.882 bits per heavy atom. The van der Waals surface area contributed by atoms with Crippen molar-refractivity contribution in [2.24, 2.45) is 0 Å². The highest BCUT2D eigenvalue weighted by atomic mass is 32.2. The summed E-state index contributed by atoms with van der Waals surface area (Å²) in [6.07, 6.45) is 1.22. The molecule has 9 heteroatoms. The van der Waals surface area contributed by atoms with Crippen molar-refractivity contribution in [3.8, 4) is 0 Å². The number of amides is 1. The molecule has 0 saturated carbocycles. The molecular weight excluding hydrogens is 452 g/mol. The molecule has 0 radical (unpaired) electrons. The zero-order chi connectivity index (χ0) is 24.8. The first-order valence-electron chi connectivity index (χ1n) is 11.3. The molecule has 0 atom stereocenters. The number of sulfonamides is 1. The minimum Gasteiger partial charge on any atom is -0.338 e. The van der Waals surface area contributed by atoms with Crippen LogP contribution in [0.2, 0.25) is 0 Å². The third-order valence-electron chi connectivity index (χ3n) is 7.17. The molecule has 1 saturated heterocycles. The molecular formula is C25H30N4O4S. The van der Waals surface area contributed by atoms with Gasteiger partial charge in [-0.3, -0.25) is 14.2 Å². The van der Waals surface area contributed by atoms with Crippen LogP contribution in [0.25, 0.3) is 11.0 Å². The van der Waals surface area contributed by atoms with E-state index >= 15 is 0 Å². The van der Waals surface area contributed by atoms with Crippen molar-refractivity contribution >= 4 is 27.0 Å². The number of carbonyl (C=O) groups is 1. The first kappa shape index (κ1) is 24.1. The highest BCUT2D eigenvalue weighted by Gasteiger charge is 2.33. The number of hydrogen-bond donors (Lipinski definition) is 0. The Morgan fingerprint density at radius 2 is 1.44 bits per heavy atom. The SMILES string of the molecule is Cc1c(C)c(C)c(S(=O)(=O)N2CCN(C(=O)Cn3c(=O)cnc4ccccc43)CC2)c(C)c1C. The maximum Gasteiger partial charge on any atom is 0.269 e. The summed E-state index contributed by atoms with van der Waals surface area (Å²) >= 11 is 0. The lowest BCUT2D eigenvalue weighted by atomic mass is 9.95. The lowest BCUT2D eigenvalue weighted by molar-refractivity contribution is -0.133. The summed E-state index contributed by atoms with van der Waals surface area (Å²) in [5.41, 5.74) is 5.55. The van der Waals surface area contributed by atoms with E-state index < -0.39 is 10.0 Å². The molecule has 0 aliphatic carbocycles. The van der Waals surface area contributed by atoms with Crippen molar-refractivity contribution in [2.75, 3.05) is 26.2 Å². The third-order valence-corrected chi connectivity index (χ3v) is 9.34. The molecule has 2 heterocycles. The number of carbonyl (C=O) groups excluding carboxylic acids is 1. The van der Waals surface area contributed by atoms with Gasteiger partial charge in [-0.05, 0) is 74.6 Å². The van der Waals surface area contributed by atoms with E-state index in [0.717, 1.165) is 27.8 Å². The van der Waals surface area contributed by atoms with Gasteiger partial charge in [-0.15, -0.1) is 0 Å². The van der Waals surface area contributed by atoms with Crippen LogP contribution in [0.15, 0.2) is 40.2 Å². The minimum absolute atomic E-state index is 0.108. The second kappa shape index (κ2) is 8.96. The molecule has 0 spiro atoms. The maximum absolute atomic E-state index is 13.6. The molecule has 2 aromatic carbocycles. The van der Waals surface area contributed by atoms with Crippen molar-refractivity contribution in [2.45, 2.75) is 46.1 Å². The molecule has 1 aliphatic heterocycles. The minimum atomic E-state index is -3.70. The van der Waals surface area contributed by atoms with Crippen LogP contribution in [-0.2, 0) is 21.4 Å². The van der Waals surface area contributed by atoms with Gasteiger partial charge in [-0.25, -0.2) is 13.4 Å². The van der Waals surface area contributed by atoms with Crippen molar-refractivity contribution in [3.05, 3.63) is 68.6 Å². The van der Waals surface area contributed by atoms with E-state index in [0.29, 0.717) is 15.9 Å². The largest absolute Gasteiger partial charge is 0.338 e. The Labute approximate surface area is 199 Å². The van der Waals surface area contributed by atoms with Crippen molar-refractivity contribution in [1.82, 2.24) is 18.8 Å². The van der Waals surface area contributed by atoms with Crippen molar-refractivity contribution < 1.29 is 13.2 Å². The molecule has 3 aromatic rings. The van der Waals surface area contributed by atoms with Gasteiger partial charge in [0, 0.05) is 26.2 Å². The van der Waals surface area contributed by atoms with E-state index in [1.54, 1.807) is 23.1 Å². The van der Waals surface area contributed by atoms with Crippen LogP contribution in [0.4, 0.5) is 0 Å². The summed E-state index contributed by atoms with van der Waals surface area (Å²) in [6, 6.07) is 7.17. The van der Waals surface area contributed by atoms with Crippen LogP contribution in [-0.4, -0.2) is 59.3 Å². The fraction of sp³-hybridized carbons (Fsp3) is 0.400. The molecule has 1 fully saturated rings. The topological polar surface area (TPSA) is 92.6 Å². The van der Waals surface area contributed by atoms with Gasteiger partial charge in [-0.2, -0.15) is 4.31 Å². The standard InChI is InChI=1S/C25H30N4O4S/c1-16-17(2)19(4)25(20(5)18(16)3)34(32,33)28-12-10-27(11-13-28)24(31)15-29-22-9-7-6-8-21(22)26-14-23(29)30/h6-9,14H,10-13,15H2,1-5H3. The van der Waals surface area contributed by atoms with Gasteiger partial charge in [-0.1, -0.05) is 12.1 Å². The van der Waals surface area contributed by atoms with Gasteiger partial charge in [0.2, 0.25) is 15.9 Å². The first-order valence-corrected chi connectivity index (χ1v) is 12.8. The molecule has 4 rings (SSSR count). The lowest BCUT2D eigenvalue weighted by Gasteiger charge is -2.35. The Balaban J connectivity index is 1.53. The summed E-state index contributed by atoms with van der Waals surface area (Å²) in [4.78, 5) is 31.5. The van der Waals surface area contributed by atoms with E-state index in [-0.39, 0.29) is 44.2 Å². The summed E-state index contributed by atoms with van der Waals surface area (Å²) in [5.74, 6) is -0.218. The third kappa shape index (κ3) is 4.03. The quantitative estimate of drug-likeness (QED) is 0.570. The number of fused-ring (bicyclic) bond motifs is 1. The van der Waals surface area contributed by atoms with Gasteiger partial charge >= 0.3 is 0 Å². The second-order valence-electron chi connectivity index (χ2n) is 8.91. The lowest BCUT2D eigenvalue weighted by Crippen LogP contribution is -2.51. The second-order valence-corrected chi connectivity index (χ2v) is 10.8. The Kier molecular flexibility index (Phi) is 6.35. The smallest absolute Gasteiger partial charge is 0.269 e. The van der Waals surface area contributed by atoms with Crippen molar-refractivity contribution in [1.29, 1.82) is 0 Å². The first-order chi connectivity index (χ1) is 16.0.